The number of hydrogen-bond donors (Lipinski definition) is 1. The van der Waals surface area contributed by atoms with Crippen molar-refractivity contribution in [1.82, 2.24) is 9.55 Å². The first kappa shape index (κ1) is 16.1. The van der Waals surface area contributed by atoms with Crippen LogP contribution in [0.5, 0.6) is 0 Å². The van der Waals surface area contributed by atoms with E-state index in [1.54, 1.807) is 10.6 Å². The van der Waals surface area contributed by atoms with Gasteiger partial charge in [0.15, 0.2) is 6.29 Å². The number of nitrogens with zero attached hydrogens (tertiary/aromatic N) is 2. The summed E-state index contributed by atoms with van der Waals surface area (Å²) in [7, 11) is -3.89. The van der Waals surface area contributed by atoms with Crippen LogP contribution in [-0.2, 0) is 16.6 Å². The summed E-state index contributed by atoms with van der Waals surface area (Å²) in [4.78, 5) is 14.9. The Morgan fingerprint density at radius 1 is 1.12 bits per heavy atom. The van der Waals surface area contributed by atoms with Crippen LogP contribution < -0.4 is 5.14 Å². The van der Waals surface area contributed by atoms with Gasteiger partial charge in [-0.3, -0.25) is 4.79 Å². The Bertz CT molecular complexity index is 979. The maximum absolute atomic E-state index is 12.0. The number of rotatable bonds is 5. The van der Waals surface area contributed by atoms with Crippen LogP contribution in [0.25, 0.3) is 11.1 Å². The molecule has 0 spiro atoms. The Morgan fingerprint density at radius 2 is 1.88 bits per heavy atom. The number of carbonyl (C=O) groups is 1. The molecule has 0 saturated heterocycles. The van der Waals surface area contributed by atoms with Crippen molar-refractivity contribution in [1.29, 1.82) is 0 Å². The molecule has 0 aliphatic heterocycles. The van der Waals surface area contributed by atoms with Crippen LogP contribution >= 0.6 is 0 Å². The SMILES string of the molecule is NS(=O)(=O)c1cc(Cn2cncc2C=O)ccc1-c1ccccc1. The van der Waals surface area contributed by atoms with Gasteiger partial charge in [-0.2, -0.15) is 0 Å². The van der Waals surface area contributed by atoms with Crippen molar-refractivity contribution in [3.63, 3.8) is 0 Å². The molecule has 6 nitrogen and oxygen atoms in total. The van der Waals surface area contributed by atoms with Gasteiger partial charge in [0, 0.05) is 12.1 Å². The molecule has 0 radical (unpaired) electrons. The van der Waals surface area contributed by atoms with E-state index in [2.05, 4.69) is 4.98 Å². The lowest BCUT2D eigenvalue weighted by Gasteiger charge is -2.11. The molecule has 3 aromatic rings. The summed E-state index contributed by atoms with van der Waals surface area (Å²) in [6.45, 7) is 0.325. The van der Waals surface area contributed by atoms with Crippen LogP contribution in [0.2, 0.25) is 0 Å². The number of imidazole rings is 1. The highest BCUT2D eigenvalue weighted by Gasteiger charge is 2.16. The highest BCUT2D eigenvalue weighted by molar-refractivity contribution is 7.89. The molecule has 0 atom stereocenters. The summed E-state index contributed by atoms with van der Waals surface area (Å²) in [5.74, 6) is 0. The summed E-state index contributed by atoms with van der Waals surface area (Å²) >= 11 is 0. The fourth-order valence-electron chi connectivity index (χ4n) is 2.51. The maximum atomic E-state index is 12.0. The molecule has 7 heteroatoms. The first-order valence-corrected chi connectivity index (χ1v) is 8.70. The Hall–Kier alpha value is -2.77. The minimum Gasteiger partial charge on any atom is -0.324 e. The molecule has 0 saturated carbocycles. The predicted molar refractivity (Wildman–Crippen MR) is 90.0 cm³/mol. The maximum Gasteiger partial charge on any atom is 0.238 e. The summed E-state index contributed by atoms with van der Waals surface area (Å²) in [5, 5.41) is 5.39. The summed E-state index contributed by atoms with van der Waals surface area (Å²) in [6.07, 6.45) is 3.67. The minimum atomic E-state index is -3.89. The molecule has 0 aliphatic carbocycles. The lowest BCUT2D eigenvalue weighted by Crippen LogP contribution is -2.14. The van der Waals surface area contributed by atoms with Gasteiger partial charge in [-0.05, 0) is 17.2 Å². The van der Waals surface area contributed by atoms with E-state index < -0.39 is 10.0 Å². The van der Waals surface area contributed by atoms with Crippen LogP contribution in [0.4, 0.5) is 0 Å². The molecule has 1 aromatic heterocycles. The van der Waals surface area contributed by atoms with Crippen molar-refractivity contribution < 1.29 is 13.2 Å². The first-order valence-electron chi connectivity index (χ1n) is 7.15. The van der Waals surface area contributed by atoms with E-state index in [1.807, 2.05) is 36.4 Å². The summed E-state index contributed by atoms with van der Waals surface area (Å²) in [6, 6.07) is 14.2. The molecule has 0 bridgehead atoms. The molecule has 2 aromatic carbocycles. The lowest BCUT2D eigenvalue weighted by molar-refractivity contribution is 0.111. The lowest BCUT2D eigenvalue weighted by atomic mass is 10.0. The molecular formula is C17H15N3O3S. The Kier molecular flexibility index (Phi) is 4.28. The third-order valence-corrected chi connectivity index (χ3v) is 4.61. The fraction of sp³-hybridized carbons (Fsp3) is 0.0588. The van der Waals surface area contributed by atoms with Crippen molar-refractivity contribution in [3.05, 3.63) is 72.3 Å². The monoisotopic (exact) mass is 341 g/mol. The van der Waals surface area contributed by atoms with Gasteiger partial charge in [-0.1, -0.05) is 42.5 Å². The molecular weight excluding hydrogens is 326 g/mol. The van der Waals surface area contributed by atoms with Crippen molar-refractivity contribution in [2.45, 2.75) is 11.4 Å². The zero-order valence-corrected chi connectivity index (χ0v) is 13.5. The highest BCUT2D eigenvalue weighted by atomic mass is 32.2. The van der Waals surface area contributed by atoms with Gasteiger partial charge in [0.1, 0.15) is 5.69 Å². The standard InChI is InChI=1S/C17H15N3O3S/c18-24(22,23)17-8-13(10-20-12-19-9-15(20)11-21)6-7-16(17)14-4-2-1-3-5-14/h1-9,11-12H,10H2,(H2,18,22,23). The number of aldehydes is 1. The van der Waals surface area contributed by atoms with E-state index in [4.69, 9.17) is 5.14 Å². The van der Waals surface area contributed by atoms with Crippen molar-refractivity contribution in [2.24, 2.45) is 5.14 Å². The van der Waals surface area contributed by atoms with Crippen molar-refractivity contribution in [2.75, 3.05) is 0 Å². The van der Waals surface area contributed by atoms with E-state index in [0.29, 0.717) is 29.7 Å². The van der Waals surface area contributed by atoms with E-state index in [0.717, 1.165) is 5.56 Å². The Labute approximate surface area is 139 Å². The molecule has 0 amide bonds. The largest absolute Gasteiger partial charge is 0.324 e. The molecule has 0 aliphatic rings. The average molecular weight is 341 g/mol. The molecule has 0 fully saturated rings. The summed E-state index contributed by atoms with van der Waals surface area (Å²) < 4.78 is 25.7. The predicted octanol–water partition coefficient (Wildman–Crippen LogP) is 2.06. The average Bonchev–Trinajstić information content (AvgIpc) is 3.02. The number of aromatic nitrogens is 2. The van der Waals surface area contributed by atoms with Crippen LogP contribution in [-0.4, -0.2) is 24.3 Å². The van der Waals surface area contributed by atoms with Crippen molar-refractivity contribution in [3.8, 4) is 11.1 Å². The molecule has 0 unspecified atom stereocenters. The second-order valence-corrected chi connectivity index (χ2v) is 6.84. The van der Waals surface area contributed by atoms with Gasteiger partial charge < -0.3 is 4.57 Å². The Morgan fingerprint density at radius 3 is 2.54 bits per heavy atom. The van der Waals surface area contributed by atoms with Gasteiger partial charge in [0.25, 0.3) is 0 Å². The fourth-order valence-corrected chi connectivity index (χ4v) is 3.32. The molecule has 2 N–H and O–H groups in total. The van der Waals surface area contributed by atoms with Crippen LogP contribution in [0.1, 0.15) is 16.1 Å². The van der Waals surface area contributed by atoms with Crippen LogP contribution in [0.3, 0.4) is 0 Å². The van der Waals surface area contributed by atoms with Crippen molar-refractivity contribution >= 4 is 16.3 Å². The van der Waals surface area contributed by atoms with Gasteiger partial charge in [0.2, 0.25) is 10.0 Å². The van der Waals surface area contributed by atoms with E-state index >= 15 is 0 Å². The van der Waals surface area contributed by atoms with Gasteiger partial charge >= 0.3 is 0 Å². The third kappa shape index (κ3) is 3.27. The number of carbonyl (C=O) groups excluding carboxylic acids is 1. The van der Waals surface area contributed by atoms with E-state index in [9.17, 15) is 13.2 Å². The number of primary sulfonamides is 1. The number of benzene rings is 2. The topological polar surface area (TPSA) is 95.1 Å². The third-order valence-electron chi connectivity index (χ3n) is 3.66. The number of sulfonamides is 1. The van der Waals surface area contributed by atoms with Gasteiger partial charge in [0.05, 0.1) is 17.4 Å². The molecule has 3 rings (SSSR count). The zero-order chi connectivity index (χ0) is 17.2. The Balaban J connectivity index is 2.07. The van der Waals surface area contributed by atoms with E-state index in [-0.39, 0.29) is 4.90 Å². The molecule has 1 heterocycles. The number of nitrogens with two attached hydrogens (primary N) is 1. The number of hydrogen-bond acceptors (Lipinski definition) is 4. The van der Waals surface area contributed by atoms with Gasteiger partial charge in [-0.25, -0.2) is 18.5 Å². The second-order valence-electron chi connectivity index (χ2n) is 5.31. The second kappa shape index (κ2) is 6.38. The molecule has 122 valence electrons. The quantitative estimate of drug-likeness (QED) is 0.719. The van der Waals surface area contributed by atoms with Gasteiger partial charge in [-0.15, -0.1) is 0 Å². The first-order chi connectivity index (χ1) is 11.5. The summed E-state index contributed by atoms with van der Waals surface area (Å²) in [5.41, 5.74) is 2.44. The van der Waals surface area contributed by atoms with E-state index in [1.165, 1.54) is 18.6 Å². The zero-order valence-electron chi connectivity index (χ0n) is 12.7. The van der Waals surface area contributed by atoms with Crippen LogP contribution in [0, 0.1) is 0 Å². The van der Waals surface area contributed by atoms with Crippen LogP contribution in [0.15, 0.2) is 66.0 Å². The minimum absolute atomic E-state index is 0.0546. The molecule has 24 heavy (non-hydrogen) atoms. The smallest absolute Gasteiger partial charge is 0.238 e. The highest BCUT2D eigenvalue weighted by Crippen LogP contribution is 2.28. The normalized spacial score (nSPS) is 11.4.